The van der Waals surface area contributed by atoms with Gasteiger partial charge in [0.25, 0.3) is 5.92 Å². The zero-order valence-electron chi connectivity index (χ0n) is 18.2. The molecule has 1 aromatic carbocycles. The average molecular weight is 517 g/mol. The SMILES string of the molecule is Cc1nncn1[C@H]1C[C@@H](NS(=O)(=O)c2cc(-c3ccnc(N)n3)cc(C(F)(F)F)c2)CC(F)(F)C1. The second-order valence-electron chi connectivity index (χ2n) is 8.30. The third kappa shape index (κ3) is 5.56. The van der Waals surface area contributed by atoms with Crippen LogP contribution in [0.15, 0.2) is 41.7 Å². The number of anilines is 1. The van der Waals surface area contributed by atoms with E-state index in [0.29, 0.717) is 11.9 Å². The number of hydrogen-bond acceptors (Lipinski definition) is 7. The van der Waals surface area contributed by atoms with Crippen LogP contribution in [0.2, 0.25) is 0 Å². The largest absolute Gasteiger partial charge is 0.416 e. The predicted molar refractivity (Wildman–Crippen MR) is 114 cm³/mol. The van der Waals surface area contributed by atoms with E-state index >= 15 is 0 Å². The number of aromatic nitrogens is 5. The predicted octanol–water partition coefficient (Wildman–Crippen LogP) is 3.35. The van der Waals surface area contributed by atoms with Crippen LogP contribution in [0.3, 0.4) is 0 Å². The molecule has 35 heavy (non-hydrogen) atoms. The van der Waals surface area contributed by atoms with Crippen LogP contribution < -0.4 is 10.5 Å². The van der Waals surface area contributed by atoms with E-state index in [9.17, 15) is 30.4 Å². The monoisotopic (exact) mass is 517 g/mol. The number of nitrogen functional groups attached to an aromatic ring is 1. The molecule has 2 aromatic heterocycles. The number of benzene rings is 1. The number of alkyl halides is 5. The van der Waals surface area contributed by atoms with Crippen LogP contribution in [0.4, 0.5) is 27.9 Å². The molecule has 0 bridgehead atoms. The normalized spacial score (nSPS) is 20.6. The molecule has 188 valence electrons. The highest BCUT2D eigenvalue weighted by Gasteiger charge is 2.44. The van der Waals surface area contributed by atoms with E-state index in [1.165, 1.54) is 23.2 Å². The molecular weight excluding hydrogens is 497 g/mol. The minimum Gasteiger partial charge on any atom is -0.368 e. The fourth-order valence-electron chi connectivity index (χ4n) is 4.13. The fraction of sp³-hybridized carbons (Fsp3) is 0.400. The Morgan fingerprint density at radius 1 is 1.20 bits per heavy atom. The summed E-state index contributed by atoms with van der Waals surface area (Å²) in [6.07, 6.45) is -3.78. The Hall–Kier alpha value is -3.20. The van der Waals surface area contributed by atoms with Gasteiger partial charge in [-0.2, -0.15) is 13.2 Å². The molecule has 4 rings (SSSR count). The van der Waals surface area contributed by atoms with Gasteiger partial charge in [0.2, 0.25) is 16.0 Å². The van der Waals surface area contributed by atoms with Gasteiger partial charge in [-0.3, -0.25) is 0 Å². The number of nitrogens with zero attached hydrogens (tertiary/aromatic N) is 5. The number of halogens is 5. The third-order valence-corrected chi connectivity index (χ3v) is 7.12. The van der Waals surface area contributed by atoms with E-state index in [0.717, 1.165) is 12.1 Å². The second kappa shape index (κ2) is 8.78. The van der Waals surface area contributed by atoms with E-state index in [-0.39, 0.29) is 23.6 Å². The Morgan fingerprint density at radius 3 is 2.57 bits per heavy atom. The maximum absolute atomic E-state index is 14.5. The van der Waals surface area contributed by atoms with E-state index in [4.69, 9.17) is 5.73 Å². The van der Waals surface area contributed by atoms with E-state index in [1.54, 1.807) is 6.92 Å². The van der Waals surface area contributed by atoms with Gasteiger partial charge in [0.1, 0.15) is 12.2 Å². The number of nitrogens with two attached hydrogens (primary N) is 1. The zero-order chi connectivity index (χ0) is 25.6. The molecule has 2 atom stereocenters. The molecule has 3 N–H and O–H groups in total. The lowest BCUT2D eigenvalue weighted by molar-refractivity contribution is -0.137. The molecule has 0 saturated heterocycles. The Kier molecular flexibility index (Phi) is 6.25. The van der Waals surface area contributed by atoms with E-state index < -0.39 is 57.5 Å². The number of rotatable bonds is 5. The molecular formula is C20H20F5N7O2S. The van der Waals surface area contributed by atoms with Crippen LogP contribution in [0.5, 0.6) is 0 Å². The summed E-state index contributed by atoms with van der Waals surface area (Å²) < 4.78 is 99.4. The highest BCUT2D eigenvalue weighted by molar-refractivity contribution is 7.89. The van der Waals surface area contributed by atoms with Gasteiger partial charge in [-0.25, -0.2) is 31.9 Å². The smallest absolute Gasteiger partial charge is 0.368 e. The van der Waals surface area contributed by atoms with Gasteiger partial charge in [0.15, 0.2) is 0 Å². The van der Waals surface area contributed by atoms with Gasteiger partial charge >= 0.3 is 6.18 Å². The molecule has 0 unspecified atom stereocenters. The summed E-state index contributed by atoms with van der Waals surface area (Å²) in [5.74, 6) is -3.06. The summed E-state index contributed by atoms with van der Waals surface area (Å²) in [7, 11) is -4.63. The Balaban J connectivity index is 1.69. The first-order valence-corrected chi connectivity index (χ1v) is 11.8. The molecule has 9 nitrogen and oxygen atoms in total. The lowest BCUT2D eigenvalue weighted by Gasteiger charge is -2.35. The van der Waals surface area contributed by atoms with Crippen molar-refractivity contribution in [2.45, 2.75) is 55.3 Å². The molecule has 3 aromatic rings. The van der Waals surface area contributed by atoms with Crippen molar-refractivity contribution in [3.63, 3.8) is 0 Å². The first kappa shape index (κ1) is 24.9. The van der Waals surface area contributed by atoms with Gasteiger partial charge in [-0.1, -0.05) is 0 Å². The summed E-state index contributed by atoms with van der Waals surface area (Å²) >= 11 is 0. The van der Waals surface area contributed by atoms with Crippen molar-refractivity contribution in [1.29, 1.82) is 0 Å². The van der Waals surface area contributed by atoms with E-state index in [2.05, 4.69) is 24.9 Å². The Bertz CT molecular complexity index is 1340. The summed E-state index contributed by atoms with van der Waals surface area (Å²) in [6, 6.07) is 1.36. The molecule has 0 radical (unpaired) electrons. The highest BCUT2D eigenvalue weighted by Crippen LogP contribution is 2.40. The lowest BCUT2D eigenvalue weighted by atomic mass is 9.88. The van der Waals surface area contributed by atoms with Crippen LogP contribution in [-0.2, 0) is 16.2 Å². The van der Waals surface area contributed by atoms with Gasteiger partial charge in [0, 0.05) is 36.7 Å². The van der Waals surface area contributed by atoms with Crippen LogP contribution >= 0.6 is 0 Å². The van der Waals surface area contributed by atoms with E-state index in [1.807, 2.05) is 0 Å². The molecule has 0 amide bonds. The first-order valence-electron chi connectivity index (χ1n) is 10.3. The molecule has 1 saturated carbocycles. The minimum atomic E-state index is -4.88. The van der Waals surface area contributed by atoms with Crippen LogP contribution in [0.1, 0.15) is 36.7 Å². The summed E-state index contributed by atoms with van der Waals surface area (Å²) in [6.45, 7) is 1.57. The highest BCUT2D eigenvalue weighted by atomic mass is 32.2. The topological polar surface area (TPSA) is 129 Å². The molecule has 2 heterocycles. The third-order valence-electron chi connectivity index (χ3n) is 5.62. The molecule has 0 aliphatic heterocycles. The maximum atomic E-state index is 14.5. The van der Waals surface area contributed by atoms with Crippen molar-refractivity contribution < 1.29 is 30.4 Å². The second-order valence-corrected chi connectivity index (χ2v) is 10.0. The molecule has 15 heteroatoms. The maximum Gasteiger partial charge on any atom is 0.416 e. The number of aryl methyl sites for hydroxylation is 1. The number of hydrogen-bond donors (Lipinski definition) is 2. The summed E-state index contributed by atoms with van der Waals surface area (Å²) in [5, 5.41) is 7.44. The minimum absolute atomic E-state index is 0.0258. The standard InChI is InChI=1S/C20H20F5N7O2S/c1-11-30-28-10-32(11)15-7-14(8-19(21,22)9-15)31-35(33,34)16-5-12(4-13(6-16)20(23,24)25)17-2-3-27-18(26)29-17/h2-6,10,14-15,31H,7-9H2,1H3,(H2,26,27,29)/t14-,15+/m1/s1. The molecule has 0 spiro atoms. The van der Waals surface area contributed by atoms with Gasteiger partial charge < -0.3 is 10.3 Å². The average Bonchev–Trinajstić information content (AvgIpc) is 3.17. The Morgan fingerprint density at radius 2 is 1.94 bits per heavy atom. The van der Waals surface area contributed by atoms with Gasteiger partial charge in [0.05, 0.1) is 16.2 Å². The van der Waals surface area contributed by atoms with Gasteiger partial charge in [-0.15, -0.1) is 10.2 Å². The Labute approximate surface area is 196 Å². The summed E-state index contributed by atoms with van der Waals surface area (Å²) in [4.78, 5) is 6.76. The van der Waals surface area contributed by atoms with Crippen molar-refractivity contribution in [2.24, 2.45) is 0 Å². The molecule has 1 aliphatic rings. The van der Waals surface area contributed by atoms with Gasteiger partial charge in [-0.05, 0) is 37.6 Å². The van der Waals surface area contributed by atoms with Crippen LogP contribution in [0, 0.1) is 6.92 Å². The fourth-order valence-corrected chi connectivity index (χ4v) is 5.45. The van der Waals surface area contributed by atoms with Crippen LogP contribution in [-0.4, -0.2) is 45.1 Å². The quantitative estimate of drug-likeness (QED) is 0.497. The van der Waals surface area contributed by atoms with Crippen molar-refractivity contribution in [3.05, 3.63) is 48.2 Å². The zero-order valence-corrected chi connectivity index (χ0v) is 19.0. The first-order chi connectivity index (χ1) is 16.2. The van der Waals surface area contributed by atoms with Crippen molar-refractivity contribution in [3.8, 4) is 11.3 Å². The van der Waals surface area contributed by atoms with Crippen molar-refractivity contribution >= 4 is 16.0 Å². The molecule has 1 aliphatic carbocycles. The number of sulfonamides is 1. The van der Waals surface area contributed by atoms with Crippen LogP contribution in [0.25, 0.3) is 11.3 Å². The van der Waals surface area contributed by atoms with Crippen molar-refractivity contribution in [2.75, 3.05) is 5.73 Å². The summed E-state index contributed by atoms with van der Waals surface area (Å²) in [5.41, 5.74) is 4.03. The molecule has 1 fully saturated rings. The number of nitrogens with one attached hydrogen (secondary N) is 1. The van der Waals surface area contributed by atoms with Crippen molar-refractivity contribution in [1.82, 2.24) is 29.5 Å². The lowest BCUT2D eigenvalue weighted by Crippen LogP contribution is -2.45.